The Bertz CT molecular complexity index is 558. The van der Waals surface area contributed by atoms with E-state index in [1.165, 1.54) is 12.1 Å². The number of benzene rings is 1. The van der Waals surface area contributed by atoms with Crippen LogP contribution in [0.3, 0.4) is 0 Å². The Morgan fingerprint density at radius 1 is 1.12 bits per heavy atom. The van der Waals surface area contributed by atoms with Gasteiger partial charge in [-0.05, 0) is 30.5 Å². The smallest absolute Gasteiger partial charge is 0.317 e. The highest BCUT2D eigenvalue weighted by molar-refractivity contribution is 5.74. The number of ether oxygens (including phenoxy) is 2. The summed E-state index contributed by atoms with van der Waals surface area (Å²) in [6.07, 6.45) is 1.74. The third kappa shape index (κ3) is 5.65. The van der Waals surface area contributed by atoms with Gasteiger partial charge in [-0.3, -0.25) is 4.90 Å². The van der Waals surface area contributed by atoms with Crippen LogP contribution < -0.4 is 5.32 Å². The minimum absolute atomic E-state index is 0.0607. The van der Waals surface area contributed by atoms with Crippen LogP contribution in [0.4, 0.5) is 9.18 Å². The molecule has 1 N–H and O–H groups in total. The number of halogens is 1. The average molecular weight is 365 g/mol. The summed E-state index contributed by atoms with van der Waals surface area (Å²) in [5.74, 6) is -0.269. The molecule has 3 rings (SSSR count). The van der Waals surface area contributed by atoms with Crippen LogP contribution in [0, 0.1) is 5.82 Å². The lowest BCUT2D eigenvalue weighted by Crippen LogP contribution is -2.51. The molecule has 2 heterocycles. The molecule has 7 heteroatoms. The number of nitrogens with zero attached hydrogens (tertiary/aromatic N) is 2. The first-order valence-electron chi connectivity index (χ1n) is 9.39. The lowest BCUT2D eigenvalue weighted by atomic mass is 10.1. The highest BCUT2D eigenvalue weighted by Gasteiger charge is 2.26. The number of carbonyl (C=O) groups is 1. The molecule has 144 valence electrons. The number of hydrogen-bond donors (Lipinski definition) is 1. The largest absolute Gasteiger partial charge is 0.381 e. The molecule has 2 amide bonds. The molecule has 2 aliphatic heterocycles. The van der Waals surface area contributed by atoms with Gasteiger partial charge in [0.2, 0.25) is 0 Å². The minimum Gasteiger partial charge on any atom is -0.381 e. The van der Waals surface area contributed by atoms with Crippen LogP contribution in [0.5, 0.6) is 0 Å². The molecular formula is C19H28FN3O3. The Morgan fingerprint density at radius 2 is 1.77 bits per heavy atom. The first-order valence-corrected chi connectivity index (χ1v) is 9.39. The van der Waals surface area contributed by atoms with Gasteiger partial charge in [-0.2, -0.15) is 0 Å². The first-order chi connectivity index (χ1) is 12.7. The summed E-state index contributed by atoms with van der Waals surface area (Å²) in [5.41, 5.74) is 0.889. The summed E-state index contributed by atoms with van der Waals surface area (Å²) in [4.78, 5) is 17.1. The predicted octanol–water partition coefficient (Wildman–Crippen LogP) is 1.85. The van der Waals surface area contributed by atoms with E-state index in [-0.39, 0.29) is 17.9 Å². The molecule has 2 aliphatic rings. The van der Waals surface area contributed by atoms with Crippen molar-refractivity contribution in [2.24, 2.45) is 0 Å². The number of carbonyl (C=O) groups excluding carboxylic acids is 1. The molecule has 2 saturated heterocycles. The van der Waals surface area contributed by atoms with Crippen LogP contribution in [0.25, 0.3) is 0 Å². The van der Waals surface area contributed by atoms with Crippen LogP contribution in [-0.4, -0.2) is 74.5 Å². The van der Waals surface area contributed by atoms with Crippen molar-refractivity contribution in [3.05, 3.63) is 35.6 Å². The lowest BCUT2D eigenvalue weighted by Gasteiger charge is -2.36. The topological polar surface area (TPSA) is 54.0 Å². The van der Waals surface area contributed by atoms with Crippen LogP contribution in [0.2, 0.25) is 0 Å². The third-order valence-electron chi connectivity index (χ3n) is 5.01. The molecule has 0 radical (unpaired) electrons. The second-order valence-corrected chi connectivity index (χ2v) is 6.78. The van der Waals surface area contributed by atoms with Gasteiger partial charge < -0.3 is 19.7 Å². The highest BCUT2D eigenvalue weighted by atomic mass is 19.1. The van der Waals surface area contributed by atoms with E-state index in [4.69, 9.17) is 9.47 Å². The molecule has 0 unspecified atom stereocenters. The van der Waals surface area contributed by atoms with Crippen molar-refractivity contribution >= 4 is 6.03 Å². The number of hydrogen-bond acceptors (Lipinski definition) is 4. The number of nitrogens with one attached hydrogen (secondary N) is 1. The molecule has 0 bridgehead atoms. The second kappa shape index (κ2) is 9.85. The molecule has 0 atom stereocenters. The van der Waals surface area contributed by atoms with Crippen molar-refractivity contribution in [3.8, 4) is 0 Å². The minimum atomic E-state index is -0.269. The lowest BCUT2D eigenvalue weighted by molar-refractivity contribution is 0.0226. The van der Waals surface area contributed by atoms with Crippen LogP contribution in [-0.2, 0) is 16.0 Å². The molecule has 0 aliphatic carbocycles. The van der Waals surface area contributed by atoms with E-state index in [2.05, 4.69) is 10.2 Å². The maximum atomic E-state index is 13.0. The Kier molecular flexibility index (Phi) is 7.22. The highest BCUT2D eigenvalue weighted by Crippen LogP contribution is 2.15. The Hall–Kier alpha value is -1.70. The summed E-state index contributed by atoms with van der Waals surface area (Å²) in [5, 5.41) is 2.98. The number of morpholine rings is 1. The van der Waals surface area contributed by atoms with Gasteiger partial charge in [0.15, 0.2) is 0 Å². The standard InChI is InChI=1S/C19H28FN3O3/c20-17-3-1-16(2-4-17)15-21-19(24)23(18-5-11-25-12-6-18)8-7-22-9-13-26-14-10-22/h1-4,18H,5-15H2,(H,21,24). The van der Waals surface area contributed by atoms with Gasteiger partial charge >= 0.3 is 6.03 Å². The van der Waals surface area contributed by atoms with Gasteiger partial charge in [0.05, 0.1) is 13.2 Å². The summed E-state index contributed by atoms with van der Waals surface area (Å²) < 4.78 is 23.8. The summed E-state index contributed by atoms with van der Waals surface area (Å²) in [6, 6.07) is 6.36. The van der Waals surface area contributed by atoms with E-state index >= 15 is 0 Å². The van der Waals surface area contributed by atoms with Crippen molar-refractivity contribution in [3.63, 3.8) is 0 Å². The summed E-state index contributed by atoms with van der Waals surface area (Å²) in [7, 11) is 0. The molecule has 0 saturated carbocycles. The van der Waals surface area contributed by atoms with Crippen LogP contribution in [0.15, 0.2) is 24.3 Å². The van der Waals surface area contributed by atoms with E-state index in [1.807, 2.05) is 4.90 Å². The number of urea groups is 1. The molecular weight excluding hydrogens is 337 g/mol. The number of rotatable bonds is 6. The van der Waals surface area contributed by atoms with Crippen LogP contribution >= 0.6 is 0 Å². The Balaban J connectivity index is 1.55. The van der Waals surface area contributed by atoms with Gasteiger partial charge in [-0.25, -0.2) is 9.18 Å². The van der Waals surface area contributed by atoms with Gasteiger partial charge in [-0.1, -0.05) is 12.1 Å². The van der Waals surface area contributed by atoms with E-state index in [0.29, 0.717) is 26.3 Å². The Labute approximate surface area is 154 Å². The van der Waals surface area contributed by atoms with Gasteiger partial charge in [-0.15, -0.1) is 0 Å². The van der Waals surface area contributed by atoms with Gasteiger partial charge in [0.25, 0.3) is 0 Å². The molecule has 6 nitrogen and oxygen atoms in total. The maximum Gasteiger partial charge on any atom is 0.317 e. The normalized spacial score (nSPS) is 19.3. The fraction of sp³-hybridized carbons (Fsp3) is 0.632. The molecule has 26 heavy (non-hydrogen) atoms. The van der Waals surface area contributed by atoms with Crippen molar-refractivity contribution in [1.82, 2.24) is 15.1 Å². The fourth-order valence-corrected chi connectivity index (χ4v) is 3.40. The fourth-order valence-electron chi connectivity index (χ4n) is 3.40. The maximum absolute atomic E-state index is 13.0. The van der Waals surface area contributed by atoms with Crippen molar-refractivity contribution in [2.45, 2.75) is 25.4 Å². The zero-order valence-electron chi connectivity index (χ0n) is 15.2. The second-order valence-electron chi connectivity index (χ2n) is 6.78. The summed E-state index contributed by atoms with van der Waals surface area (Å²) in [6.45, 7) is 6.69. The van der Waals surface area contributed by atoms with E-state index in [0.717, 1.165) is 51.3 Å². The predicted molar refractivity (Wildman–Crippen MR) is 96.4 cm³/mol. The zero-order valence-corrected chi connectivity index (χ0v) is 15.2. The van der Waals surface area contributed by atoms with Crippen molar-refractivity contribution in [1.29, 1.82) is 0 Å². The number of amides is 2. The quantitative estimate of drug-likeness (QED) is 0.836. The summed E-state index contributed by atoms with van der Waals surface area (Å²) >= 11 is 0. The zero-order chi connectivity index (χ0) is 18.2. The molecule has 1 aromatic rings. The van der Waals surface area contributed by atoms with Gasteiger partial charge in [0.1, 0.15) is 5.82 Å². The SMILES string of the molecule is O=C(NCc1ccc(F)cc1)N(CCN1CCOCC1)C1CCOCC1. The van der Waals surface area contributed by atoms with E-state index in [9.17, 15) is 9.18 Å². The average Bonchev–Trinajstić information content (AvgIpc) is 2.69. The molecule has 0 aromatic heterocycles. The van der Waals surface area contributed by atoms with Crippen molar-refractivity contribution < 1.29 is 18.7 Å². The Morgan fingerprint density at radius 3 is 2.46 bits per heavy atom. The van der Waals surface area contributed by atoms with E-state index < -0.39 is 0 Å². The third-order valence-corrected chi connectivity index (χ3v) is 5.01. The van der Waals surface area contributed by atoms with Crippen LogP contribution in [0.1, 0.15) is 18.4 Å². The first kappa shape index (κ1) is 19.1. The molecule has 0 spiro atoms. The van der Waals surface area contributed by atoms with E-state index in [1.54, 1.807) is 12.1 Å². The molecule has 1 aromatic carbocycles. The van der Waals surface area contributed by atoms with Gasteiger partial charge in [0, 0.05) is 52.0 Å². The van der Waals surface area contributed by atoms with Crippen molar-refractivity contribution in [2.75, 3.05) is 52.6 Å². The monoisotopic (exact) mass is 365 g/mol. The molecule has 2 fully saturated rings.